The number of fused-ring (bicyclic) bond motifs is 1. The first-order valence-corrected chi connectivity index (χ1v) is 7.42. The fraction of sp³-hybridized carbons (Fsp3) is 0.500. The van der Waals surface area contributed by atoms with Gasteiger partial charge in [-0.05, 0) is 31.0 Å². The van der Waals surface area contributed by atoms with E-state index in [1.807, 2.05) is 23.1 Å². The molecule has 0 bridgehead atoms. The zero-order chi connectivity index (χ0) is 13.1. The Hall–Kier alpha value is -1.16. The lowest BCUT2D eigenvalue weighted by Gasteiger charge is -2.33. The van der Waals surface area contributed by atoms with E-state index in [2.05, 4.69) is 13.8 Å². The van der Waals surface area contributed by atoms with Gasteiger partial charge >= 0.3 is 0 Å². The Bertz CT molecular complexity index is 447. The molecule has 1 aliphatic heterocycles. The normalized spacial score (nSPS) is 18.9. The molecule has 0 saturated heterocycles. The molecule has 0 spiro atoms. The van der Waals surface area contributed by atoms with Crippen molar-refractivity contribution < 1.29 is 4.79 Å². The first-order chi connectivity index (χ1) is 8.67. The number of nitrogens with zero attached hydrogens (tertiary/aromatic N) is 1. The van der Waals surface area contributed by atoms with Gasteiger partial charge in [-0.1, -0.05) is 20.3 Å². The number of carbonyl (C=O) groups is 1. The van der Waals surface area contributed by atoms with E-state index in [0.717, 1.165) is 42.1 Å². The van der Waals surface area contributed by atoms with Crippen molar-refractivity contribution in [2.45, 2.75) is 43.3 Å². The molecule has 0 aliphatic carbocycles. The fourth-order valence-electron chi connectivity index (χ4n) is 2.15. The summed E-state index contributed by atoms with van der Waals surface area (Å²) in [4.78, 5) is 15.5. The predicted octanol–water partition coefficient (Wildman–Crippen LogP) is 3.29. The number of anilines is 2. The van der Waals surface area contributed by atoms with Crippen LogP contribution in [0.3, 0.4) is 0 Å². The number of thioether (sulfide) groups is 1. The second-order valence-electron chi connectivity index (χ2n) is 4.59. The Morgan fingerprint density at radius 2 is 2.17 bits per heavy atom. The lowest BCUT2D eigenvalue weighted by Crippen LogP contribution is -2.41. The maximum absolute atomic E-state index is 12.4. The van der Waals surface area contributed by atoms with Gasteiger partial charge in [0.05, 0.1) is 10.9 Å². The molecule has 2 N–H and O–H groups in total. The Kier molecular flexibility index (Phi) is 4.17. The number of carbonyl (C=O) groups excluding carboxylic acids is 1. The third-order valence-corrected chi connectivity index (χ3v) is 4.59. The summed E-state index contributed by atoms with van der Waals surface area (Å²) in [6, 6.07) is 5.82. The van der Waals surface area contributed by atoms with E-state index >= 15 is 0 Å². The van der Waals surface area contributed by atoms with Gasteiger partial charge in [0.2, 0.25) is 5.91 Å². The Morgan fingerprint density at radius 1 is 1.39 bits per heavy atom. The van der Waals surface area contributed by atoms with Crippen molar-refractivity contribution in [3.8, 4) is 0 Å². The summed E-state index contributed by atoms with van der Waals surface area (Å²) >= 11 is 1.65. The lowest BCUT2D eigenvalue weighted by atomic mass is 10.2. The number of hydrogen-bond donors (Lipinski definition) is 1. The van der Waals surface area contributed by atoms with Crippen LogP contribution in [0, 0.1) is 0 Å². The molecule has 1 aromatic rings. The number of hydrogen-bond acceptors (Lipinski definition) is 3. The highest BCUT2D eigenvalue weighted by Crippen LogP contribution is 2.41. The van der Waals surface area contributed by atoms with Gasteiger partial charge in [0.1, 0.15) is 0 Å². The van der Waals surface area contributed by atoms with Crippen LogP contribution in [-0.4, -0.2) is 17.7 Å². The summed E-state index contributed by atoms with van der Waals surface area (Å²) < 4.78 is 0. The molecule has 1 atom stereocenters. The molecule has 1 unspecified atom stereocenters. The fourth-order valence-corrected chi connectivity index (χ4v) is 3.35. The molecule has 1 aliphatic rings. The minimum absolute atomic E-state index is 0.0381. The van der Waals surface area contributed by atoms with Gasteiger partial charge in [-0.15, -0.1) is 11.8 Å². The van der Waals surface area contributed by atoms with E-state index in [0.29, 0.717) is 0 Å². The standard InChI is InChI=1S/C14H20N2OS/c1-3-5-8-16-11-7-6-10(15)9-13(11)18-12(4-2)14(16)17/h6-7,9,12H,3-5,8,15H2,1-2H3. The van der Waals surface area contributed by atoms with E-state index in [4.69, 9.17) is 5.73 Å². The third-order valence-electron chi connectivity index (χ3n) is 3.19. The number of unbranched alkanes of at least 4 members (excludes halogenated alkanes) is 1. The largest absolute Gasteiger partial charge is 0.399 e. The van der Waals surface area contributed by atoms with Crippen molar-refractivity contribution in [2.24, 2.45) is 0 Å². The maximum atomic E-state index is 12.4. The molecule has 0 radical (unpaired) electrons. The highest BCUT2D eigenvalue weighted by molar-refractivity contribution is 8.01. The molecule has 0 aromatic heterocycles. The SMILES string of the molecule is CCCCN1C(=O)C(CC)Sc2cc(N)ccc21. The highest BCUT2D eigenvalue weighted by Gasteiger charge is 2.31. The summed E-state index contributed by atoms with van der Waals surface area (Å²) in [6.07, 6.45) is 3.00. The smallest absolute Gasteiger partial charge is 0.240 e. The molecule has 1 aromatic carbocycles. The first kappa shape index (κ1) is 13.3. The first-order valence-electron chi connectivity index (χ1n) is 6.55. The van der Waals surface area contributed by atoms with Gasteiger partial charge in [0.25, 0.3) is 0 Å². The van der Waals surface area contributed by atoms with Crippen LogP contribution in [0.1, 0.15) is 33.1 Å². The topological polar surface area (TPSA) is 46.3 Å². The van der Waals surface area contributed by atoms with Crippen LogP contribution in [-0.2, 0) is 4.79 Å². The van der Waals surface area contributed by atoms with Gasteiger partial charge in [-0.2, -0.15) is 0 Å². The van der Waals surface area contributed by atoms with Crippen LogP contribution in [0.2, 0.25) is 0 Å². The van der Waals surface area contributed by atoms with Crippen molar-refractivity contribution in [3.05, 3.63) is 18.2 Å². The Morgan fingerprint density at radius 3 is 2.83 bits per heavy atom. The number of benzene rings is 1. The number of nitrogens with two attached hydrogens (primary N) is 1. The zero-order valence-corrected chi connectivity index (χ0v) is 11.8. The molecule has 0 saturated carbocycles. The van der Waals surface area contributed by atoms with Gasteiger partial charge < -0.3 is 10.6 Å². The van der Waals surface area contributed by atoms with Crippen LogP contribution in [0.15, 0.2) is 23.1 Å². The molecule has 1 heterocycles. The van der Waals surface area contributed by atoms with Crippen molar-refractivity contribution in [1.29, 1.82) is 0 Å². The molecule has 4 heteroatoms. The summed E-state index contributed by atoms with van der Waals surface area (Å²) in [5.41, 5.74) is 7.62. The quantitative estimate of drug-likeness (QED) is 0.849. The predicted molar refractivity (Wildman–Crippen MR) is 78.1 cm³/mol. The monoisotopic (exact) mass is 264 g/mol. The maximum Gasteiger partial charge on any atom is 0.240 e. The van der Waals surface area contributed by atoms with Gasteiger partial charge in [0.15, 0.2) is 0 Å². The zero-order valence-electron chi connectivity index (χ0n) is 11.0. The summed E-state index contributed by atoms with van der Waals surface area (Å²) in [5, 5.41) is 0.0381. The number of amides is 1. The van der Waals surface area contributed by atoms with Crippen LogP contribution in [0.5, 0.6) is 0 Å². The van der Waals surface area contributed by atoms with E-state index in [1.54, 1.807) is 11.8 Å². The number of nitrogen functional groups attached to an aromatic ring is 1. The second kappa shape index (κ2) is 5.65. The third kappa shape index (κ3) is 2.48. The van der Waals surface area contributed by atoms with Crippen LogP contribution in [0.25, 0.3) is 0 Å². The van der Waals surface area contributed by atoms with Crippen molar-refractivity contribution in [1.82, 2.24) is 0 Å². The summed E-state index contributed by atoms with van der Waals surface area (Å²) in [7, 11) is 0. The molecular weight excluding hydrogens is 244 g/mol. The molecule has 1 amide bonds. The van der Waals surface area contributed by atoms with Gasteiger partial charge in [-0.3, -0.25) is 4.79 Å². The van der Waals surface area contributed by atoms with E-state index < -0.39 is 0 Å². The number of rotatable bonds is 4. The lowest BCUT2D eigenvalue weighted by molar-refractivity contribution is -0.118. The molecule has 2 rings (SSSR count). The summed E-state index contributed by atoms with van der Waals surface area (Å²) in [6.45, 7) is 5.01. The van der Waals surface area contributed by atoms with Gasteiger partial charge in [-0.25, -0.2) is 0 Å². The van der Waals surface area contributed by atoms with E-state index in [-0.39, 0.29) is 11.2 Å². The Labute approximate surface area is 113 Å². The van der Waals surface area contributed by atoms with Gasteiger partial charge in [0, 0.05) is 17.1 Å². The second-order valence-corrected chi connectivity index (χ2v) is 5.83. The molecular formula is C14H20N2OS. The van der Waals surface area contributed by atoms with E-state index in [1.165, 1.54) is 0 Å². The average Bonchev–Trinajstić information content (AvgIpc) is 2.37. The minimum atomic E-state index is 0.0381. The summed E-state index contributed by atoms with van der Waals surface area (Å²) in [5.74, 6) is 0.244. The van der Waals surface area contributed by atoms with Crippen molar-refractivity contribution in [2.75, 3.05) is 17.2 Å². The molecule has 0 fully saturated rings. The Balaban J connectivity index is 2.35. The highest BCUT2D eigenvalue weighted by atomic mass is 32.2. The van der Waals surface area contributed by atoms with Crippen molar-refractivity contribution >= 4 is 29.0 Å². The van der Waals surface area contributed by atoms with Crippen LogP contribution in [0.4, 0.5) is 11.4 Å². The average molecular weight is 264 g/mol. The molecule has 3 nitrogen and oxygen atoms in total. The minimum Gasteiger partial charge on any atom is -0.399 e. The van der Waals surface area contributed by atoms with Crippen LogP contribution >= 0.6 is 11.8 Å². The molecule has 18 heavy (non-hydrogen) atoms. The van der Waals surface area contributed by atoms with Crippen molar-refractivity contribution in [3.63, 3.8) is 0 Å². The van der Waals surface area contributed by atoms with E-state index in [9.17, 15) is 4.79 Å². The van der Waals surface area contributed by atoms with Crippen LogP contribution < -0.4 is 10.6 Å². The molecule has 98 valence electrons.